The van der Waals surface area contributed by atoms with Crippen molar-refractivity contribution in [3.63, 3.8) is 0 Å². The van der Waals surface area contributed by atoms with Gasteiger partial charge in [-0.15, -0.1) is 0 Å². The average Bonchev–Trinajstić information content (AvgIpc) is 1.75. The summed E-state index contributed by atoms with van der Waals surface area (Å²) in [4.78, 5) is 0. The quantitative estimate of drug-likeness (QED) is 0.375. The number of hydrogen-bond donors (Lipinski definition) is 0. The third kappa shape index (κ3) is 2.56. The van der Waals surface area contributed by atoms with Gasteiger partial charge in [-0.1, -0.05) is 0 Å². The van der Waals surface area contributed by atoms with E-state index < -0.39 is 0 Å². The van der Waals surface area contributed by atoms with Gasteiger partial charge in [0.05, 0.1) is 12.7 Å². The van der Waals surface area contributed by atoms with Crippen LogP contribution in [-0.2, 0) is 4.74 Å². The Balaban J connectivity index is 0.000000160. The molecule has 5 heavy (non-hydrogen) atoms. The molecule has 0 amide bonds. The zero-order valence-corrected chi connectivity index (χ0v) is 6.05. The third-order valence-corrected chi connectivity index (χ3v) is 0.500. The van der Waals surface area contributed by atoms with Crippen LogP contribution in [0, 0.1) is 0 Å². The molecule has 0 saturated carbocycles. The Morgan fingerprint density at radius 3 is 2.00 bits per heavy atom. The Morgan fingerprint density at radius 1 is 1.80 bits per heavy atom. The van der Waals surface area contributed by atoms with E-state index >= 15 is 0 Å². The fraction of sp³-hybridized carbons (Fsp3) is 1.00. The van der Waals surface area contributed by atoms with Crippen molar-refractivity contribution in [1.82, 2.24) is 0 Å². The van der Waals surface area contributed by atoms with Crippen molar-refractivity contribution in [2.75, 3.05) is 6.61 Å². The van der Waals surface area contributed by atoms with Crippen molar-refractivity contribution in [3.05, 3.63) is 0 Å². The molecular weight excluding hydrogens is 171 g/mol. The number of epoxide rings is 1. The molecule has 1 unspecified atom stereocenters. The van der Waals surface area contributed by atoms with E-state index in [0.29, 0.717) is 6.10 Å². The standard InChI is InChI=1S/C3H6O.Sn/c1-3-2-4-3;/h3H,2H2,1H3;. The number of hydrogen-bond acceptors (Lipinski definition) is 1. The Morgan fingerprint density at radius 2 is 2.00 bits per heavy atom. The molecule has 0 bridgehead atoms. The first-order valence-electron chi connectivity index (χ1n) is 1.51. The van der Waals surface area contributed by atoms with E-state index in [1.54, 1.807) is 0 Å². The van der Waals surface area contributed by atoms with E-state index in [0.717, 1.165) is 6.61 Å². The van der Waals surface area contributed by atoms with Gasteiger partial charge >= 0.3 is 0 Å². The van der Waals surface area contributed by atoms with Crippen molar-refractivity contribution < 1.29 is 4.74 Å². The Kier molecular flexibility index (Phi) is 2.33. The summed E-state index contributed by atoms with van der Waals surface area (Å²) in [6.07, 6.45) is 0.583. The van der Waals surface area contributed by atoms with Crippen molar-refractivity contribution in [2.45, 2.75) is 13.0 Å². The van der Waals surface area contributed by atoms with Crippen molar-refractivity contribution in [3.8, 4) is 0 Å². The van der Waals surface area contributed by atoms with E-state index in [4.69, 9.17) is 4.74 Å². The predicted octanol–water partition coefficient (Wildman–Crippen LogP) is 0.0243. The first-order chi connectivity index (χ1) is 1.89. The first-order valence-corrected chi connectivity index (χ1v) is 1.51. The van der Waals surface area contributed by atoms with Crippen molar-refractivity contribution in [1.29, 1.82) is 0 Å². The molecule has 1 rings (SSSR count). The van der Waals surface area contributed by atoms with Crippen LogP contribution in [0.15, 0.2) is 0 Å². The molecule has 0 aromatic rings. The van der Waals surface area contributed by atoms with Gasteiger partial charge < -0.3 is 4.74 Å². The predicted molar refractivity (Wildman–Crippen MR) is 21.2 cm³/mol. The molecular formula is C3H6OSn. The Bertz CT molecular complexity index is 26.1. The normalized spacial score (nSPS) is 31.8. The summed E-state index contributed by atoms with van der Waals surface area (Å²) < 4.78 is 4.71. The second-order valence-electron chi connectivity index (χ2n) is 1.14. The maximum atomic E-state index is 4.71. The molecule has 1 atom stereocenters. The van der Waals surface area contributed by atoms with Crippen LogP contribution in [0.2, 0.25) is 0 Å². The molecule has 0 N–H and O–H groups in total. The van der Waals surface area contributed by atoms with Gasteiger partial charge in [0.25, 0.3) is 0 Å². The Labute approximate surface area is 48.7 Å². The molecule has 1 nitrogen and oxygen atoms in total. The zero-order valence-electron chi connectivity index (χ0n) is 3.19. The minimum absolute atomic E-state index is 0. The molecule has 0 spiro atoms. The van der Waals surface area contributed by atoms with Crippen molar-refractivity contribution in [2.24, 2.45) is 0 Å². The van der Waals surface area contributed by atoms with Gasteiger partial charge in [0.15, 0.2) is 0 Å². The van der Waals surface area contributed by atoms with Gasteiger partial charge in [-0.25, -0.2) is 0 Å². The van der Waals surface area contributed by atoms with Crippen molar-refractivity contribution >= 4 is 23.9 Å². The molecule has 2 heteroatoms. The van der Waals surface area contributed by atoms with Gasteiger partial charge in [0.2, 0.25) is 0 Å². The Hall–Kier alpha value is 0.759. The first kappa shape index (κ1) is 5.76. The maximum absolute atomic E-state index is 4.71. The van der Waals surface area contributed by atoms with Crippen LogP contribution in [0.3, 0.4) is 0 Å². The van der Waals surface area contributed by atoms with Crippen LogP contribution >= 0.6 is 0 Å². The second kappa shape index (κ2) is 2.03. The van der Waals surface area contributed by atoms with Crippen LogP contribution in [0.4, 0.5) is 0 Å². The maximum Gasteiger partial charge on any atom is 0.0781 e. The van der Waals surface area contributed by atoms with Crippen LogP contribution < -0.4 is 0 Å². The summed E-state index contributed by atoms with van der Waals surface area (Å²) in [7, 11) is 0. The summed E-state index contributed by atoms with van der Waals surface area (Å²) in [6.45, 7) is 3.04. The molecule has 28 valence electrons. The number of rotatable bonds is 0. The summed E-state index contributed by atoms with van der Waals surface area (Å²) >= 11 is 0. The van der Waals surface area contributed by atoms with Crippen LogP contribution in [0.5, 0.6) is 0 Å². The largest absolute Gasteiger partial charge is 0.373 e. The van der Waals surface area contributed by atoms with E-state index in [2.05, 4.69) is 6.92 Å². The van der Waals surface area contributed by atoms with Gasteiger partial charge in [0.1, 0.15) is 0 Å². The van der Waals surface area contributed by atoms with E-state index in [1.807, 2.05) is 0 Å². The molecule has 1 heterocycles. The molecule has 0 aromatic heterocycles. The average molecular weight is 177 g/mol. The summed E-state index contributed by atoms with van der Waals surface area (Å²) in [5, 5.41) is 0. The summed E-state index contributed by atoms with van der Waals surface area (Å²) in [5.74, 6) is 0. The monoisotopic (exact) mass is 178 g/mol. The smallest absolute Gasteiger partial charge is 0.0781 e. The third-order valence-electron chi connectivity index (χ3n) is 0.500. The molecule has 4 radical (unpaired) electrons. The van der Waals surface area contributed by atoms with E-state index in [-0.39, 0.29) is 23.9 Å². The second-order valence-corrected chi connectivity index (χ2v) is 1.14. The fourth-order valence-electron chi connectivity index (χ4n) is 0.0962. The molecule has 1 aliphatic heterocycles. The van der Waals surface area contributed by atoms with Gasteiger partial charge in [-0.3, -0.25) is 0 Å². The minimum Gasteiger partial charge on any atom is -0.373 e. The van der Waals surface area contributed by atoms with Gasteiger partial charge in [0, 0.05) is 23.9 Å². The summed E-state index contributed by atoms with van der Waals surface area (Å²) in [5.41, 5.74) is 0. The minimum atomic E-state index is 0. The van der Waals surface area contributed by atoms with Gasteiger partial charge in [-0.05, 0) is 6.92 Å². The van der Waals surface area contributed by atoms with Crippen LogP contribution in [0.1, 0.15) is 6.92 Å². The SMILES string of the molecule is CC1CO1.[Sn]. The molecule has 0 aromatic carbocycles. The van der Waals surface area contributed by atoms with E-state index in [1.165, 1.54) is 0 Å². The fourth-order valence-corrected chi connectivity index (χ4v) is 0.0962. The molecule has 1 saturated heterocycles. The zero-order chi connectivity index (χ0) is 2.99. The van der Waals surface area contributed by atoms with Crippen LogP contribution in [-0.4, -0.2) is 36.6 Å². The molecule has 0 aliphatic carbocycles. The van der Waals surface area contributed by atoms with Crippen LogP contribution in [0.25, 0.3) is 0 Å². The summed E-state index contributed by atoms with van der Waals surface area (Å²) in [6, 6.07) is 0. The molecule has 1 fully saturated rings. The van der Waals surface area contributed by atoms with E-state index in [9.17, 15) is 0 Å². The van der Waals surface area contributed by atoms with Gasteiger partial charge in [-0.2, -0.15) is 0 Å². The number of ether oxygens (including phenoxy) is 1. The molecule has 1 aliphatic rings. The topological polar surface area (TPSA) is 12.5 Å².